The van der Waals surface area contributed by atoms with E-state index in [0.29, 0.717) is 34.9 Å². The van der Waals surface area contributed by atoms with Crippen molar-refractivity contribution in [2.24, 2.45) is 0 Å². The number of fused-ring (bicyclic) bond motifs is 2. The van der Waals surface area contributed by atoms with Crippen molar-refractivity contribution in [3.8, 4) is 79.5 Å². The van der Waals surface area contributed by atoms with E-state index >= 15 is 0 Å². The predicted octanol–water partition coefficient (Wildman–Crippen LogP) is 12.0. The first kappa shape index (κ1) is 32.9. The molecule has 0 aliphatic heterocycles. The second-order valence-corrected chi connectivity index (χ2v) is 13.5. The molecule has 262 valence electrons. The van der Waals surface area contributed by atoms with E-state index in [-0.39, 0.29) is 0 Å². The van der Waals surface area contributed by atoms with Crippen molar-refractivity contribution in [3.63, 3.8) is 0 Å². The van der Waals surface area contributed by atoms with Crippen LogP contribution in [0, 0.1) is 0 Å². The normalized spacial score (nSPS) is 11.2. The third-order valence-electron chi connectivity index (χ3n) is 10.0. The molecule has 10 rings (SSSR count). The molecular formula is C50H32N6. The number of aromatic nitrogens is 6. The smallest absolute Gasteiger partial charge is 0.164 e. The lowest BCUT2D eigenvalue weighted by molar-refractivity contribution is 1.07. The van der Waals surface area contributed by atoms with Crippen molar-refractivity contribution in [3.05, 3.63) is 194 Å². The van der Waals surface area contributed by atoms with Gasteiger partial charge in [-0.25, -0.2) is 29.9 Å². The Morgan fingerprint density at radius 2 is 0.411 bits per heavy atom. The molecule has 8 aromatic carbocycles. The van der Waals surface area contributed by atoms with Gasteiger partial charge in [0.2, 0.25) is 0 Å². The molecule has 0 atom stereocenters. The van der Waals surface area contributed by atoms with Crippen LogP contribution in [0.4, 0.5) is 0 Å². The van der Waals surface area contributed by atoms with Gasteiger partial charge in [-0.2, -0.15) is 0 Å². The molecule has 0 unspecified atom stereocenters. The van der Waals surface area contributed by atoms with Crippen molar-refractivity contribution in [1.82, 2.24) is 29.9 Å². The Labute approximate surface area is 324 Å². The summed E-state index contributed by atoms with van der Waals surface area (Å²) in [7, 11) is 0. The van der Waals surface area contributed by atoms with Crippen LogP contribution in [0.5, 0.6) is 0 Å². The molecule has 0 aliphatic carbocycles. The zero-order chi connectivity index (χ0) is 37.3. The van der Waals surface area contributed by atoms with Crippen molar-refractivity contribution in [2.45, 2.75) is 0 Å². The molecule has 0 aliphatic rings. The quantitative estimate of drug-likeness (QED) is 0.163. The third-order valence-corrected chi connectivity index (χ3v) is 10.0. The number of hydrogen-bond acceptors (Lipinski definition) is 6. The molecule has 0 N–H and O–H groups in total. The molecule has 0 saturated heterocycles. The first-order chi connectivity index (χ1) is 27.8. The van der Waals surface area contributed by atoms with E-state index in [1.807, 2.05) is 109 Å². The Morgan fingerprint density at radius 1 is 0.179 bits per heavy atom. The lowest BCUT2D eigenvalue weighted by Gasteiger charge is -2.15. The van der Waals surface area contributed by atoms with Crippen LogP contribution in [0.1, 0.15) is 0 Å². The Morgan fingerprint density at radius 3 is 0.750 bits per heavy atom. The summed E-state index contributed by atoms with van der Waals surface area (Å²) in [5.41, 5.74) is 7.79. The van der Waals surface area contributed by atoms with E-state index in [1.54, 1.807) is 0 Å². The minimum absolute atomic E-state index is 0.582. The minimum atomic E-state index is 0.582. The second kappa shape index (κ2) is 14.3. The lowest BCUT2D eigenvalue weighted by Crippen LogP contribution is -2.02. The van der Waals surface area contributed by atoms with Crippen LogP contribution in [-0.4, -0.2) is 29.9 Å². The fourth-order valence-electron chi connectivity index (χ4n) is 7.31. The van der Waals surface area contributed by atoms with Gasteiger partial charge in [-0.05, 0) is 50.9 Å². The molecule has 0 radical (unpaired) electrons. The summed E-state index contributed by atoms with van der Waals surface area (Å²) in [4.78, 5) is 30.5. The minimum Gasteiger partial charge on any atom is -0.208 e. The number of rotatable bonds is 7. The van der Waals surface area contributed by atoms with Crippen LogP contribution in [0.2, 0.25) is 0 Å². The van der Waals surface area contributed by atoms with Gasteiger partial charge >= 0.3 is 0 Å². The Kier molecular flexibility index (Phi) is 8.39. The Hall–Kier alpha value is -7.70. The van der Waals surface area contributed by atoms with Crippen LogP contribution in [-0.2, 0) is 0 Å². The van der Waals surface area contributed by atoms with Gasteiger partial charge in [-0.3, -0.25) is 0 Å². The highest BCUT2D eigenvalue weighted by Crippen LogP contribution is 2.38. The molecule has 0 saturated carbocycles. The van der Waals surface area contributed by atoms with Gasteiger partial charge in [0.05, 0.1) is 0 Å². The summed E-state index contributed by atoms with van der Waals surface area (Å²) in [5.74, 6) is 3.61. The van der Waals surface area contributed by atoms with Gasteiger partial charge in [-0.15, -0.1) is 0 Å². The van der Waals surface area contributed by atoms with Gasteiger partial charge in [0.1, 0.15) is 0 Å². The molecule has 6 heteroatoms. The van der Waals surface area contributed by atoms with E-state index in [2.05, 4.69) is 84.9 Å². The summed E-state index contributed by atoms with van der Waals surface area (Å²) in [6.07, 6.45) is 0. The summed E-state index contributed by atoms with van der Waals surface area (Å²) in [6, 6.07) is 65.9. The van der Waals surface area contributed by atoms with E-state index < -0.39 is 0 Å². The maximum absolute atomic E-state index is 5.25. The van der Waals surface area contributed by atoms with Crippen LogP contribution < -0.4 is 0 Å². The van der Waals surface area contributed by atoms with Crippen LogP contribution in [0.25, 0.3) is 101 Å². The average molecular weight is 717 g/mol. The highest BCUT2D eigenvalue weighted by Gasteiger charge is 2.20. The average Bonchev–Trinajstić information content (AvgIpc) is 3.29. The van der Waals surface area contributed by atoms with Gasteiger partial charge < -0.3 is 0 Å². The van der Waals surface area contributed by atoms with Gasteiger partial charge in [0.25, 0.3) is 0 Å². The lowest BCUT2D eigenvalue weighted by atomic mass is 9.94. The highest BCUT2D eigenvalue weighted by molar-refractivity contribution is 6.05. The van der Waals surface area contributed by atoms with Gasteiger partial charge in [-0.1, -0.05) is 176 Å². The van der Waals surface area contributed by atoms with E-state index in [1.165, 1.54) is 0 Å². The van der Waals surface area contributed by atoms with E-state index in [9.17, 15) is 0 Å². The van der Waals surface area contributed by atoms with Crippen molar-refractivity contribution < 1.29 is 0 Å². The van der Waals surface area contributed by atoms with Crippen LogP contribution in [0.3, 0.4) is 0 Å². The summed E-state index contributed by atoms with van der Waals surface area (Å²) < 4.78 is 0. The maximum atomic E-state index is 5.25. The molecular weight excluding hydrogens is 685 g/mol. The summed E-state index contributed by atoms with van der Waals surface area (Å²) in [5, 5.41) is 4.17. The van der Waals surface area contributed by atoms with Gasteiger partial charge in [0.15, 0.2) is 34.9 Å². The van der Waals surface area contributed by atoms with Gasteiger partial charge in [0, 0.05) is 33.4 Å². The molecule has 0 bridgehead atoms. The standard InChI is InChI=1S/C50H32N6/c1-5-17-33(18-6-1)37-29-30-42(39-26-14-13-25-38(37)39)49-54-47(36-23-11-4-12-24-36)55-50(56-49)44-32-31-43(40-27-15-16-28-41(40)44)48-52-45(34-19-7-2-8-20-34)51-46(53-48)35-21-9-3-10-22-35/h1-32H. The first-order valence-electron chi connectivity index (χ1n) is 18.6. The van der Waals surface area contributed by atoms with Crippen molar-refractivity contribution >= 4 is 21.5 Å². The summed E-state index contributed by atoms with van der Waals surface area (Å²) in [6.45, 7) is 0. The molecule has 0 spiro atoms. The molecule has 2 aromatic heterocycles. The highest BCUT2D eigenvalue weighted by atomic mass is 15.0. The molecule has 0 amide bonds. The summed E-state index contributed by atoms with van der Waals surface area (Å²) >= 11 is 0. The predicted molar refractivity (Wildman–Crippen MR) is 226 cm³/mol. The molecule has 10 aromatic rings. The third kappa shape index (κ3) is 6.15. The first-order valence-corrected chi connectivity index (χ1v) is 18.6. The van der Waals surface area contributed by atoms with Crippen molar-refractivity contribution in [1.29, 1.82) is 0 Å². The SMILES string of the molecule is c1ccc(-c2nc(-c3ccccc3)nc(-c3ccc(-c4nc(-c5ccccc5)nc(-c5ccc(-c6ccccc6)c6ccccc56)n4)c4ccccc34)n2)cc1. The topological polar surface area (TPSA) is 77.3 Å². The molecule has 0 fully saturated rings. The molecule has 2 heterocycles. The molecule has 56 heavy (non-hydrogen) atoms. The fourth-order valence-corrected chi connectivity index (χ4v) is 7.31. The van der Waals surface area contributed by atoms with E-state index in [0.717, 1.165) is 66.1 Å². The monoisotopic (exact) mass is 716 g/mol. The van der Waals surface area contributed by atoms with Crippen molar-refractivity contribution in [2.75, 3.05) is 0 Å². The zero-order valence-corrected chi connectivity index (χ0v) is 30.2. The maximum Gasteiger partial charge on any atom is 0.164 e. The van der Waals surface area contributed by atoms with E-state index in [4.69, 9.17) is 29.9 Å². The number of benzene rings is 8. The second-order valence-electron chi connectivity index (χ2n) is 13.5. The fraction of sp³-hybridized carbons (Fsp3) is 0. The zero-order valence-electron chi connectivity index (χ0n) is 30.2. The van der Waals surface area contributed by atoms with Crippen LogP contribution in [0.15, 0.2) is 194 Å². The van der Waals surface area contributed by atoms with Crippen LogP contribution >= 0.6 is 0 Å². The number of nitrogens with zero attached hydrogens (tertiary/aromatic N) is 6. The number of hydrogen-bond donors (Lipinski definition) is 0. The molecule has 6 nitrogen and oxygen atoms in total. The Bertz CT molecular complexity index is 2950. The largest absolute Gasteiger partial charge is 0.208 e. The Balaban J connectivity index is 1.17.